The van der Waals surface area contributed by atoms with Gasteiger partial charge in [-0.3, -0.25) is 0 Å². The van der Waals surface area contributed by atoms with Crippen molar-refractivity contribution in [3.8, 4) is 0 Å². The van der Waals surface area contributed by atoms with Crippen molar-refractivity contribution in [2.45, 2.75) is 13.3 Å². The summed E-state index contributed by atoms with van der Waals surface area (Å²) in [4.78, 5) is 0. The molecule has 0 N–H and O–H groups in total. The first-order valence-corrected chi connectivity index (χ1v) is 6.56. The van der Waals surface area contributed by atoms with Gasteiger partial charge in [-0.1, -0.05) is 24.3 Å². The second-order valence-corrected chi connectivity index (χ2v) is 6.55. The van der Waals surface area contributed by atoms with Gasteiger partial charge in [-0.15, -0.1) is 6.58 Å². The van der Waals surface area contributed by atoms with E-state index in [4.69, 9.17) is 4.12 Å². The number of benzene rings is 1. The summed E-state index contributed by atoms with van der Waals surface area (Å²) in [6, 6.07) is 6.63. The fourth-order valence-corrected chi connectivity index (χ4v) is 3.16. The third-order valence-corrected chi connectivity index (χ3v) is 4.35. The van der Waals surface area contributed by atoms with Crippen molar-refractivity contribution in [2.24, 2.45) is 0 Å². The Morgan fingerprint density at radius 2 is 2.38 bits per heavy atom. The highest BCUT2D eigenvalue weighted by atomic mass is 28.3. The topological polar surface area (TPSA) is 9.23 Å². The van der Waals surface area contributed by atoms with Crippen LogP contribution in [0.2, 0.25) is 0 Å². The smallest absolute Gasteiger partial charge is 0.178 e. The fourth-order valence-electron chi connectivity index (χ4n) is 1.37. The summed E-state index contributed by atoms with van der Waals surface area (Å²) >= 11 is 0. The largest absolute Gasteiger partial charge is 0.465 e. The van der Waals surface area contributed by atoms with Crippen molar-refractivity contribution in [2.75, 3.05) is 0 Å². The van der Waals surface area contributed by atoms with Crippen LogP contribution in [0.4, 0.5) is 0 Å². The molecule has 0 fully saturated rings. The normalized spacial score (nSPS) is 11.2. The molecule has 0 unspecified atom stereocenters. The Hall–Kier alpha value is -0.646. The van der Waals surface area contributed by atoms with Gasteiger partial charge in [0.1, 0.15) is 10.5 Å². The Kier molecular flexibility index (Phi) is 4.14. The maximum absolute atomic E-state index is 5.37. The van der Waals surface area contributed by atoms with E-state index in [1.54, 1.807) is 0 Å². The Bertz CT molecular complexity index is 297. The van der Waals surface area contributed by atoms with Crippen molar-refractivity contribution in [3.63, 3.8) is 0 Å². The molecular weight excluding hydrogens is 192 g/mol. The SMILES string of the molecule is C=CCc1ccc([SiH2]O[SiH3])c(C)c1. The molecule has 70 valence electrons. The van der Waals surface area contributed by atoms with Gasteiger partial charge in [0.2, 0.25) is 0 Å². The maximum Gasteiger partial charge on any atom is 0.178 e. The molecule has 0 amide bonds. The van der Waals surface area contributed by atoms with E-state index < -0.39 is 9.76 Å². The zero-order chi connectivity index (χ0) is 9.68. The van der Waals surface area contributed by atoms with Gasteiger partial charge in [0, 0.05) is 0 Å². The molecule has 0 bridgehead atoms. The number of hydrogen-bond acceptors (Lipinski definition) is 1. The molecular formula is C10H16OSi2. The van der Waals surface area contributed by atoms with Crippen LogP contribution < -0.4 is 5.19 Å². The quantitative estimate of drug-likeness (QED) is 0.489. The first-order chi connectivity index (χ1) is 6.27. The van der Waals surface area contributed by atoms with E-state index in [1.807, 2.05) is 6.08 Å². The number of hydrogen-bond donors (Lipinski definition) is 0. The summed E-state index contributed by atoms with van der Waals surface area (Å²) in [5.41, 5.74) is 2.72. The van der Waals surface area contributed by atoms with Gasteiger partial charge in [-0.2, -0.15) is 0 Å². The van der Waals surface area contributed by atoms with Crippen LogP contribution in [0.25, 0.3) is 0 Å². The molecule has 1 aromatic carbocycles. The average Bonchev–Trinajstić information content (AvgIpc) is 2.10. The van der Waals surface area contributed by atoms with Gasteiger partial charge >= 0.3 is 0 Å². The van der Waals surface area contributed by atoms with E-state index in [9.17, 15) is 0 Å². The van der Waals surface area contributed by atoms with E-state index in [-0.39, 0.29) is 0 Å². The number of rotatable bonds is 4. The van der Waals surface area contributed by atoms with Crippen molar-refractivity contribution in [3.05, 3.63) is 42.0 Å². The molecule has 0 saturated heterocycles. The fraction of sp³-hybridized carbons (Fsp3) is 0.200. The minimum Gasteiger partial charge on any atom is -0.465 e. The van der Waals surface area contributed by atoms with Crippen molar-refractivity contribution < 1.29 is 4.12 Å². The second kappa shape index (κ2) is 5.16. The molecule has 0 atom stereocenters. The predicted molar refractivity (Wildman–Crippen MR) is 64.3 cm³/mol. The van der Waals surface area contributed by atoms with Crippen LogP contribution >= 0.6 is 0 Å². The van der Waals surface area contributed by atoms with Gasteiger partial charge < -0.3 is 4.12 Å². The maximum atomic E-state index is 5.37. The van der Waals surface area contributed by atoms with Crippen LogP contribution in [0.15, 0.2) is 30.9 Å². The molecule has 13 heavy (non-hydrogen) atoms. The van der Waals surface area contributed by atoms with E-state index in [1.165, 1.54) is 16.3 Å². The zero-order valence-electron chi connectivity index (χ0n) is 8.34. The summed E-state index contributed by atoms with van der Waals surface area (Å²) in [7, 11) is 0.443. The standard InChI is InChI=1S/C10H16OSi2/c1-3-4-9-5-6-10(13-11-12)8(2)7-9/h3,5-7H,1,4,13H2,2,12H3. The summed E-state index contributed by atoms with van der Waals surface area (Å²) in [6.07, 6.45) is 2.90. The summed E-state index contributed by atoms with van der Waals surface area (Å²) in [5.74, 6) is 0. The van der Waals surface area contributed by atoms with Crippen LogP contribution in [-0.4, -0.2) is 20.2 Å². The molecule has 0 aliphatic carbocycles. The summed E-state index contributed by atoms with van der Waals surface area (Å²) in [5, 5.41) is 1.43. The van der Waals surface area contributed by atoms with E-state index in [2.05, 4.69) is 31.7 Å². The van der Waals surface area contributed by atoms with Gasteiger partial charge in [0.25, 0.3) is 0 Å². The van der Waals surface area contributed by atoms with E-state index in [0.29, 0.717) is 0 Å². The molecule has 0 heterocycles. The lowest BCUT2D eigenvalue weighted by atomic mass is 10.1. The first-order valence-electron chi connectivity index (χ1n) is 4.46. The average molecular weight is 208 g/mol. The Morgan fingerprint density at radius 1 is 1.62 bits per heavy atom. The number of allylic oxidation sites excluding steroid dienone is 1. The van der Waals surface area contributed by atoms with Crippen molar-refractivity contribution in [1.82, 2.24) is 0 Å². The molecule has 0 spiro atoms. The van der Waals surface area contributed by atoms with Gasteiger partial charge in [0.15, 0.2) is 9.76 Å². The lowest BCUT2D eigenvalue weighted by molar-refractivity contribution is 0.676. The van der Waals surface area contributed by atoms with Crippen LogP contribution in [0.3, 0.4) is 0 Å². The zero-order valence-corrected chi connectivity index (χ0v) is 11.8. The molecule has 0 aromatic heterocycles. The second-order valence-electron chi connectivity index (χ2n) is 3.19. The molecule has 3 heteroatoms. The molecule has 1 aromatic rings. The first kappa shape index (κ1) is 10.4. The molecule has 1 nitrogen and oxygen atoms in total. The Balaban J connectivity index is 2.84. The highest BCUT2D eigenvalue weighted by Gasteiger charge is 1.98. The lowest BCUT2D eigenvalue weighted by Crippen LogP contribution is -2.19. The van der Waals surface area contributed by atoms with E-state index in [0.717, 1.165) is 16.9 Å². The molecule has 0 aliphatic heterocycles. The van der Waals surface area contributed by atoms with Crippen LogP contribution in [0, 0.1) is 6.92 Å². The molecule has 0 saturated carbocycles. The van der Waals surface area contributed by atoms with Gasteiger partial charge in [-0.05, 0) is 29.7 Å². The predicted octanol–water partition coefficient (Wildman–Crippen LogP) is -0.270. The van der Waals surface area contributed by atoms with Crippen molar-refractivity contribution in [1.29, 1.82) is 0 Å². The van der Waals surface area contributed by atoms with Crippen LogP contribution in [-0.2, 0) is 10.5 Å². The number of aryl methyl sites for hydroxylation is 1. The van der Waals surface area contributed by atoms with Gasteiger partial charge in [-0.25, -0.2) is 0 Å². The monoisotopic (exact) mass is 208 g/mol. The lowest BCUT2D eigenvalue weighted by Gasteiger charge is -2.05. The highest BCUT2D eigenvalue weighted by molar-refractivity contribution is 6.51. The minimum atomic E-state index is -0.424. The third kappa shape index (κ3) is 2.95. The molecule has 0 radical (unpaired) electrons. The minimum absolute atomic E-state index is 0.424. The van der Waals surface area contributed by atoms with Crippen LogP contribution in [0.5, 0.6) is 0 Å². The molecule has 0 aliphatic rings. The van der Waals surface area contributed by atoms with Crippen molar-refractivity contribution >= 4 is 25.4 Å². The Labute approximate surface area is 85.3 Å². The third-order valence-electron chi connectivity index (χ3n) is 2.09. The summed E-state index contributed by atoms with van der Waals surface area (Å²) < 4.78 is 5.37. The van der Waals surface area contributed by atoms with Gasteiger partial charge in [0.05, 0.1) is 0 Å². The summed E-state index contributed by atoms with van der Waals surface area (Å²) in [6.45, 7) is 5.90. The van der Waals surface area contributed by atoms with Crippen LogP contribution in [0.1, 0.15) is 11.1 Å². The Morgan fingerprint density at radius 3 is 2.92 bits per heavy atom. The molecule has 1 rings (SSSR count). The van der Waals surface area contributed by atoms with E-state index >= 15 is 0 Å². The highest BCUT2D eigenvalue weighted by Crippen LogP contribution is 2.03.